The van der Waals surface area contributed by atoms with Crippen LogP contribution in [0, 0.1) is 12.7 Å². The number of phenols is 1. The van der Waals surface area contributed by atoms with Crippen LogP contribution in [0.5, 0.6) is 5.75 Å². The molecule has 88 valence electrons. The van der Waals surface area contributed by atoms with Crippen LogP contribution in [-0.4, -0.2) is 16.2 Å². The van der Waals surface area contributed by atoms with E-state index < -0.39 is 11.7 Å². The summed E-state index contributed by atoms with van der Waals surface area (Å²) in [7, 11) is 0. The van der Waals surface area contributed by atoms with Gasteiger partial charge in [-0.3, -0.25) is 4.79 Å². The van der Waals surface area contributed by atoms with E-state index in [9.17, 15) is 9.18 Å². The average Bonchev–Trinajstić information content (AvgIpc) is 2.69. The fourth-order valence-corrected chi connectivity index (χ4v) is 1.26. The maximum atomic E-state index is 13.3. The van der Waals surface area contributed by atoms with Gasteiger partial charge in [0.2, 0.25) is 5.76 Å². The summed E-state index contributed by atoms with van der Waals surface area (Å²) >= 11 is 0. The van der Waals surface area contributed by atoms with Crippen LogP contribution in [0.25, 0.3) is 0 Å². The minimum absolute atomic E-state index is 0.00465. The van der Waals surface area contributed by atoms with E-state index >= 15 is 0 Å². The zero-order valence-electron chi connectivity index (χ0n) is 8.90. The maximum absolute atomic E-state index is 13.3. The van der Waals surface area contributed by atoms with Crippen LogP contribution in [0.15, 0.2) is 28.8 Å². The smallest absolute Gasteiger partial charge is 0.294 e. The molecule has 1 aromatic heterocycles. The number of benzene rings is 1. The molecule has 17 heavy (non-hydrogen) atoms. The van der Waals surface area contributed by atoms with Gasteiger partial charge in [0.1, 0.15) is 11.6 Å². The second kappa shape index (κ2) is 4.25. The number of carbonyl (C=O) groups is 1. The lowest BCUT2D eigenvalue weighted by molar-refractivity contribution is 0.0987. The molecular formula is C11H9FN2O3. The SMILES string of the molecule is Cc1cc(C(=O)Nc2ccc(O)cc2F)on1. The lowest BCUT2D eigenvalue weighted by Crippen LogP contribution is -2.12. The standard InChI is InChI=1S/C11H9FN2O3/c1-6-4-10(17-14-6)11(16)13-9-3-2-7(15)5-8(9)12/h2-5,15H,1H3,(H,13,16). The predicted molar refractivity (Wildman–Crippen MR) is 57.3 cm³/mol. The number of rotatable bonds is 2. The lowest BCUT2D eigenvalue weighted by Gasteiger charge is -2.04. The first-order valence-electron chi connectivity index (χ1n) is 4.79. The third-order valence-electron chi connectivity index (χ3n) is 2.05. The third-order valence-corrected chi connectivity index (χ3v) is 2.05. The number of halogens is 1. The number of hydrogen-bond acceptors (Lipinski definition) is 4. The molecule has 1 heterocycles. The Hall–Kier alpha value is -2.37. The molecule has 1 aromatic carbocycles. The minimum atomic E-state index is -0.727. The monoisotopic (exact) mass is 236 g/mol. The highest BCUT2D eigenvalue weighted by atomic mass is 19.1. The summed E-state index contributed by atoms with van der Waals surface area (Å²) in [5, 5.41) is 14.9. The Labute approximate surface area is 95.9 Å². The number of hydrogen-bond donors (Lipinski definition) is 2. The fourth-order valence-electron chi connectivity index (χ4n) is 1.26. The van der Waals surface area contributed by atoms with Crippen molar-refractivity contribution in [3.05, 3.63) is 41.5 Å². The molecule has 0 bridgehead atoms. The van der Waals surface area contributed by atoms with Crippen molar-refractivity contribution in [3.8, 4) is 5.75 Å². The summed E-state index contributed by atoms with van der Waals surface area (Å²) < 4.78 is 18.0. The molecule has 5 nitrogen and oxygen atoms in total. The lowest BCUT2D eigenvalue weighted by atomic mass is 10.2. The average molecular weight is 236 g/mol. The highest BCUT2D eigenvalue weighted by Gasteiger charge is 2.13. The summed E-state index contributed by atoms with van der Waals surface area (Å²) in [6.07, 6.45) is 0. The van der Waals surface area contributed by atoms with Gasteiger partial charge in [-0.1, -0.05) is 5.16 Å². The number of amides is 1. The molecular weight excluding hydrogens is 227 g/mol. The molecule has 1 amide bonds. The molecule has 0 unspecified atom stereocenters. The number of phenolic OH excluding ortho intramolecular Hbond substituents is 1. The molecule has 0 aliphatic heterocycles. The Morgan fingerprint density at radius 3 is 2.82 bits per heavy atom. The molecule has 0 saturated heterocycles. The first-order chi connectivity index (χ1) is 8.06. The van der Waals surface area contributed by atoms with Gasteiger partial charge in [-0.05, 0) is 19.1 Å². The van der Waals surface area contributed by atoms with E-state index in [1.807, 2.05) is 0 Å². The van der Waals surface area contributed by atoms with Crippen LogP contribution in [-0.2, 0) is 0 Å². The van der Waals surface area contributed by atoms with Gasteiger partial charge in [-0.15, -0.1) is 0 Å². The topological polar surface area (TPSA) is 75.4 Å². The van der Waals surface area contributed by atoms with Crippen LogP contribution in [0.4, 0.5) is 10.1 Å². The fraction of sp³-hybridized carbons (Fsp3) is 0.0909. The zero-order chi connectivity index (χ0) is 12.4. The molecule has 0 radical (unpaired) electrons. The summed E-state index contributed by atoms with van der Waals surface area (Å²) in [4.78, 5) is 11.6. The molecule has 0 spiro atoms. The summed E-state index contributed by atoms with van der Waals surface area (Å²) in [6, 6.07) is 4.87. The number of nitrogens with one attached hydrogen (secondary N) is 1. The van der Waals surface area contributed by atoms with Crippen molar-refractivity contribution >= 4 is 11.6 Å². The van der Waals surface area contributed by atoms with Crippen LogP contribution < -0.4 is 5.32 Å². The van der Waals surface area contributed by atoms with Crippen LogP contribution in [0.1, 0.15) is 16.2 Å². The Morgan fingerprint density at radius 2 is 2.24 bits per heavy atom. The second-order valence-electron chi connectivity index (χ2n) is 3.45. The molecule has 2 aromatic rings. The largest absolute Gasteiger partial charge is 0.508 e. The number of aromatic nitrogens is 1. The first-order valence-corrected chi connectivity index (χ1v) is 4.79. The Kier molecular flexibility index (Phi) is 2.78. The number of aryl methyl sites for hydroxylation is 1. The molecule has 0 fully saturated rings. The highest BCUT2D eigenvalue weighted by molar-refractivity contribution is 6.02. The molecule has 2 rings (SSSR count). The molecule has 0 atom stereocenters. The van der Waals surface area contributed by atoms with Crippen molar-refractivity contribution in [2.24, 2.45) is 0 Å². The Balaban J connectivity index is 2.18. The van der Waals surface area contributed by atoms with Crippen molar-refractivity contribution in [1.29, 1.82) is 0 Å². The third kappa shape index (κ3) is 2.41. The maximum Gasteiger partial charge on any atom is 0.294 e. The Morgan fingerprint density at radius 1 is 1.47 bits per heavy atom. The van der Waals surface area contributed by atoms with Gasteiger partial charge in [0, 0.05) is 12.1 Å². The second-order valence-corrected chi connectivity index (χ2v) is 3.45. The normalized spacial score (nSPS) is 10.2. The molecule has 6 heteroatoms. The molecule has 0 aliphatic rings. The number of nitrogens with zero attached hydrogens (tertiary/aromatic N) is 1. The van der Waals surface area contributed by atoms with Crippen molar-refractivity contribution < 1.29 is 18.8 Å². The molecule has 0 saturated carbocycles. The van der Waals surface area contributed by atoms with Crippen molar-refractivity contribution in [2.75, 3.05) is 5.32 Å². The molecule has 0 aliphatic carbocycles. The van der Waals surface area contributed by atoms with Gasteiger partial charge in [-0.2, -0.15) is 0 Å². The summed E-state index contributed by atoms with van der Waals surface area (Å²) in [5.74, 6) is -1.55. The van der Waals surface area contributed by atoms with E-state index in [0.717, 1.165) is 6.07 Å². The number of carbonyl (C=O) groups excluding carboxylic acids is 1. The highest BCUT2D eigenvalue weighted by Crippen LogP contribution is 2.20. The van der Waals surface area contributed by atoms with Gasteiger partial charge in [0.05, 0.1) is 11.4 Å². The van der Waals surface area contributed by atoms with E-state index in [0.29, 0.717) is 5.69 Å². The Bertz CT molecular complexity index is 566. The van der Waals surface area contributed by atoms with Gasteiger partial charge in [-0.25, -0.2) is 4.39 Å². The van der Waals surface area contributed by atoms with Crippen molar-refractivity contribution in [1.82, 2.24) is 5.16 Å². The van der Waals surface area contributed by atoms with Gasteiger partial charge >= 0.3 is 0 Å². The van der Waals surface area contributed by atoms with Crippen LogP contribution >= 0.6 is 0 Å². The first kappa shape index (κ1) is 11.1. The van der Waals surface area contributed by atoms with Gasteiger partial charge in [0.15, 0.2) is 0 Å². The summed E-state index contributed by atoms with van der Waals surface area (Å²) in [5.41, 5.74) is 0.517. The van der Waals surface area contributed by atoms with E-state index in [2.05, 4.69) is 10.5 Å². The predicted octanol–water partition coefficient (Wildman–Crippen LogP) is 2.08. The number of aromatic hydroxyl groups is 1. The van der Waals surface area contributed by atoms with Crippen molar-refractivity contribution in [2.45, 2.75) is 6.92 Å². The zero-order valence-corrected chi connectivity index (χ0v) is 8.90. The minimum Gasteiger partial charge on any atom is -0.508 e. The van der Waals surface area contributed by atoms with Crippen molar-refractivity contribution in [3.63, 3.8) is 0 Å². The van der Waals surface area contributed by atoms with Crippen LogP contribution in [0.2, 0.25) is 0 Å². The van der Waals surface area contributed by atoms with E-state index in [1.165, 1.54) is 18.2 Å². The van der Waals surface area contributed by atoms with E-state index in [4.69, 9.17) is 9.63 Å². The van der Waals surface area contributed by atoms with E-state index in [-0.39, 0.29) is 17.2 Å². The number of anilines is 1. The van der Waals surface area contributed by atoms with Gasteiger partial charge < -0.3 is 14.9 Å². The summed E-state index contributed by atoms with van der Waals surface area (Å²) in [6.45, 7) is 1.67. The molecule has 2 N–H and O–H groups in total. The van der Waals surface area contributed by atoms with Gasteiger partial charge in [0.25, 0.3) is 5.91 Å². The van der Waals surface area contributed by atoms with Crippen LogP contribution in [0.3, 0.4) is 0 Å². The van der Waals surface area contributed by atoms with E-state index in [1.54, 1.807) is 6.92 Å². The quantitative estimate of drug-likeness (QED) is 0.783.